The Morgan fingerprint density at radius 2 is 1.93 bits per heavy atom. The van der Waals surface area contributed by atoms with Gasteiger partial charge in [-0.25, -0.2) is 14.6 Å². The molecule has 19 heteroatoms. The van der Waals surface area contributed by atoms with E-state index in [4.69, 9.17) is 14.3 Å². The fraction of sp³-hybridized carbons (Fsp3) is 0.524. The number of carboxylic acids is 2. The van der Waals surface area contributed by atoms with Gasteiger partial charge in [0.25, 0.3) is 11.8 Å². The van der Waals surface area contributed by atoms with Crippen LogP contribution in [0, 0.1) is 0 Å². The van der Waals surface area contributed by atoms with Gasteiger partial charge in [-0.2, -0.15) is 0 Å². The monoisotopic (exact) mass is 603 g/mol. The number of fused-ring (bicyclic) bond motifs is 1. The van der Waals surface area contributed by atoms with Gasteiger partial charge < -0.3 is 50.5 Å². The van der Waals surface area contributed by atoms with Gasteiger partial charge in [-0.3, -0.25) is 14.5 Å². The number of aromatic nitrogens is 1. The van der Waals surface area contributed by atoms with Crippen molar-refractivity contribution >= 4 is 57.7 Å². The Morgan fingerprint density at radius 3 is 2.55 bits per heavy atom. The summed E-state index contributed by atoms with van der Waals surface area (Å²) in [5.74, 6) is -4.05. The molecule has 2 amide bonds. The largest absolute Gasteiger partial charge is 0.479 e. The number of aliphatic carboxylic acids is 2. The topological polar surface area (TPSA) is 250 Å². The van der Waals surface area contributed by atoms with E-state index in [1.54, 1.807) is 0 Å². The van der Waals surface area contributed by atoms with Gasteiger partial charge >= 0.3 is 11.9 Å². The minimum absolute atomic E-state index is 0.0269. The summed E-state index contributed by atoms with van der Waals surface area (Å²) < 4.78 is 10.2. The van der Waals surface area contributed by atoms with E-state index in [2.05, 4.69) is 20.8 Å². The highest BCUT2D eigenvalue weighted by Gasteiger charge is 2.54. The van der Waals surface area contributed by atoms with Crippen molar-refractivity contribution in [2.24, 2.45) is 5.16 Å². The van der Waals surface area contributed by atoms with Gasteiger partial charge in [0.2, 0.25) is 0 Å². The lowest BCUT2D eigenvalue weighted by Crippen LogP contribution is -2.71. The van der Waals surface area contributed by atoms with Crippen molar-refractivity contribution in [3.05, 3.63) is 22.3 Å². The highest BCUT2D eigenvalue weighted by Crippen LogP contribution is 2.40. The van der Waals surface area contributed by atoms with E-state index in [1.807, 2.05) is 0 Å². The number of ether oxygens (including phenoxy) is 2. The van der Waals surface area contributed by atoms with Crippen LogP contribution < -0.4 is 10.6 Å². The van der Waals surface area contributed by atoms with Crippen LogP contribution in [-0.4, -0.2) is 134 Å². The number of thioether (sulfide) groups is 1. The average molecular weight is 604 g/mol. The molecule has 1 aromatic heterocycles. The van der Waals surface area contributed by atoms with Crippen LogP contribution in [0.2, 0.25) is 0 Å². The minimum atomic E-state index is -1.87. The first kappa shape index (κ1) is 29.6. The zero-order valence-corrected chi connectivity index (χ0v) is 22.4. The number of amides is 2. The molecule has 0 spiro atoms. The molecule has 2 fully saturated rings. The van der Waals surface area contributed by atoms with E-state index in [9.17, 15) is 44.7 Å². The molecule has 4 rings (SSSR count). The number of β-lactam (4-membered cyclic amide) rings is 1. The standard InChI is InChI=1S/C21H25N5O12S2/c1-36-3-6-4-39-18-9(17(31)26(18)10(6)19(32)33)23-15(30)8(25-37-2)7-5-40-21(22-7)24-16-13(29)11(27)12(28)14(38-16)20(34)35/h5,9,11-14,16,18,27-29H,3-4H2,1-2H3,(H,22,24)(H,23,30)(H,32,33)(H,34,35)/b25-8-/t9-,11?,12?,13?,14?,16?,18-/m1/s1. The van der Waals surface area contributed by atoms with Crippen LogP contribution in [0.25, 0.3) is 0 Å². The molecule has 7 atom stereocenters. The maximum Gasteiger partial charge on any atom is 0.352 e. The van der Waals surface area contributed by atoms with Gasteiger partial charge in [0.05, 0.1) is 6.61 Å². The molecule has 3 aliphatic rings. The van der Waals surface area contributed by atoms with E-state index in [0.717, 1.165) is 16.2 Å². The number of carbonyl (C=O) groups excluding carboxylic acids is 2. The van der Waals surface area contributed by atoms with Crippen molar-refractivity contribution in [1.82, 2.24) is 15.2 Å². The average Bonchev–Trinajstić information content (AvgIpc) is 3.38. The summed E-state index contributed by atoms with van der Waals surface area (Å²) in [5, 5.41) is 58.4. The Morgan fingerprint density at radius 1 is 1.20 bits per heavy atom. The van der Waals surface area contributed by atoms with E-state index in [1.165, 1.54) is 31.4 Å². The molecule has 218 valence electrons. The van der Waals surface area contributed by atoms with Crippen LogP contribution in [0.4, 0.5) is 5.13 Å². The maximum absolute atomic E-state index is 13.1. The maximum atomic E-state index is 13.1. The quantitative estimate of drug-likeness (QED) is 0.0809. The van der Waals surface area contributed by atoms with Crippen molar-refractivity contribution in [2.45, 2.75) is 42.1 Å². The molecule has 4 heterocycles. The molecule has 0 aromatic carbocycles. The second kappa shape index (κ2) is 12.0. The summed E-state index contributed by atoms with van der Waals surface area (Å²) in [7, 11) is 2.59. The zero-order chi connectivity index (χ0) is 29.3. The van der Waals surface area contributed by atoms with E-state index in [0.29, 0.717) is 5.57 Å². The Bertz CT molecular complexity index is 1250. The van der Waals surface area contributed by atoms with Crippen LogP contribution >= 0.6 is 23.1 Å². The Balaban J connectivity index is 1.46. The predicted molar refractivity (Wildman–Crippen MR) is 135 cm³/mol. The number of thiazole rings is 1. The van der Waals surface area contributed by atoms with E-state index >= 15 is 0 Å². The molecule has 0 aliphatic carbocycles. The van der Waals surface area contributed by atoms with Crippen molar-refractivity contribution in [1.29, 1.82) is 0 Å². The first-order valence-corrected chi connectivity index (χ1v) is 13.4. The third-order valence-corrected chi connectivity index (χ3v) is 8.24. The van der Waals surface area contributed by atoms with Crippen LogP contribution in [0.5, 0.6) is 0 Å². The number of aliphatic hydroxyl groups excluding tert-OH is 3. The van der Waals surface area contributed by atoms with E-state index in [-0.39, 0.29) is 34.6 Å². The molecule has 3 aliphatic heterocycles. The zero-order valence-electron chi connectivity index (χ0n) is 20.8. The molecule has 5 unspecified atom stereocenters. The number of carbonyl (C=O) groups is 4. The SMILES string of the molecule is COCC1=C(C(=O)O)N2C(=O)[C@@H](NC(=O)/C(=N\OC)c3csc(NC4OC(C(=O)O)C(O)C(O)C4O)n3)[C@H]2SC1. The molecule has 40 heavy (non-hydrogen) atoms. The third-order valence-electron chi connectivity index (χ3n) is 6.12. The van der Waals surface area contributed by atoms with Gasteiger partial charge in [-0.05, 0) is 5.57 Å². The van der Waals surface area contributed by atoms with Gasteiger partial charge in [0, 0.05) is 18.2 Å². The number of aliphatic hydroxyl groups is 3. The van der Waals surface area contributed by atoms with Gasteiger partial charge in [-0.1, -0.05) is 5.16 Å². The van der Waals surface area contributed by atoms with Crippen LogP contribution in [0.3, 0.4) is 0 Å². The number of rotatable bonds is 10. The summed E-state index contributed by atoms with van der Waals surface area (Å²) in [6, 6.07) is -1.05. The third kappa shape index (κ3) is 5.48. The second-order valence-corrected chi connectivity index (χ2v) is 10.6. The molecule has 0 radical (unpaired) electrons. The van der Waals surface area contributed by atoms with Crippen LogP contribution in [-0.2, 0) is 33.5 Å². The number of oxime groups is 1. The number of nitrogens with zero attached hydrogens (tertiary/aromatic N) is 3. The lowest BCUT2D eigenvalue weighted by molar-refractivity contribution is -0.221. The number of methoxy groups -OCH3 is 1. The molecular formula is C21H25N5O12S2. The molecule has 17 nitrogen and oxygen atoms in total. The Hall–Kier alpha value is -3.33. The van der Waals surface area contributed by atoms with Crippen molar-refractivity contribution in [2.75, 3.05) is 31.9 Å². The van der Waals surface area contributed by atoms with Crippen LogP contribution in [0.1, 0.15) is 5.69 Å². The first-order chi connectivity index (χ1) is 19.0. The summed E-state index contributed by atoms with van der Waals surface area (Å²) in [5.41, 5.74) is -0.114. The molecule has 0 saturated carbocycles. The lowest BCUT2D eigenvalue weighted by Gasteiger charge is -2.49. The number of hydrogen-bond acceptors (Lipinski definition) is 15. The smallest absolute Gasteiger partial charge is 0.352 e. The van der Waals surface area contributed by atoms with Crippen molar-refractivity contribution in [3.63, 3.8) is 0 Å². The van der Waals surface area contributed by atoms with Crippen LogP contribution in [0.15, 0.2) is 21.8 Å². The van der Waals surface area contributed by atoms with Gasteiger partial charge in [0.1, 0.15) is 48.2 Å². The number of hydrogen-bond donors (Lipinski definition) is 7. The normalized spacial score (nSPS) is 30.3. The molecule has 0 bridgehead atoms. The lowest BCUT2D eigenvalue weighted by atomic mass is 9.98. The molecule has 1 aromatic rings. The summed E-state index contributed by atoms with van der Waals surface area (Å²) in [6.45, 7) is 0.0342. The summed E-state index contributed by atoms with van der Waals surface area (Å²) >= 11 is 2.17. The highest BCUT2D eigenvalue weighted by molar-refractivity contribution is 8.00. The molecule has 2 saturated heterocycles. The first-order valence-electron chi connectivity index (χ1n) is 11.5. The van der Waals surface area contributed by atoms with Gasteiger partial charge in [-0.15, -0.1) is 23.1 Å². The Labute approximate surface area is 233 Å². The minimum Gasteiger partial charge on any atom is -0.479 e. The number of carboxylic acid groups (broad SMARTS) is 2. The van der Waals surface area contributed by atoms with Gasteiger partial charge in [0.15, 0.2) is 23.2 Å². The molecular weight excluding hydrogens is 578 g/mol. The Kier molecular flexibility index (Phi) is 8.93. The van der Waals surface area contributed by atoms with Crippen molar-refractivity contribution < 1.29 is 59.0 Å². The predicted octanol–water partition coefficient (Wildman–Crippen LogP) is -2.82. The van der Waals surface area contributed by atoms with E-state index < -0.39 is 65.8 Å². The highest BCUT2D eigenvalue weighted by atomic mass is 32.2. The summed E-state index contributed by atoms with van der Waals surface area (Å²) in [6.07, 6.45) is -8.73. The fourth-order valence-corrected chi connectivity index (χ4v) is 6.30. The summed E-state index contributed by atoms with van der Waals surface area (Å²) in [4.78, 5) is 59.1. The van der Waals surface area contributed by atoms with Crippen molar-refractivity contribution in [3.8, 4) is 0 Å². The molecule has 7 N–H and O–H groups in total. The number of nitrogens with one attached hydrogen (secondary N) is 2. The fourth-order valence-electron chi connectivity index (χ4n) is 4.25. The number of anilines is 1. The second-order valence-electron chi connectivity index (χ2n) is 8.64.